The Morgan fingerprint density at radius 3 is 2.62 bits per heavy atom. The van der Waals surface area contributed by atoms with Crippen LogP contribution in [-0.2, 0) is 9.84 Å². The predicted octanol–water partition coefficient (Wildman–Crippen LogP) is 1.43. The van der Waals surface area contributed by atoms with Crippen LogP contribution >= 0.6 is 0 Å². The number of methoxy groups -OCH3 is 1. The van der Waals surface area contributed by atoms with E-state index in [4.69, 9.17) is 4.74 Å². The summed E-state index contributed by atoms with van der Waals surface area (Å²) in [6.07, 6.45) is 4.27. The summed E-state index contributed by atoms with van der Waals surface area (Å²) in [5.41, 5.74) is 1.69. The maximum Gasteiger partial charge on any atom is 0.197 e. The molecule has 1 aromatic carbocycles. The molecule has 1 N–H and O–H groups in total. The van der Waals surface area contributed by atoms with Crippen molar-refractivity contribution >= 4 is 21.1 Å². The van der Waals surface area contributed by atoms with Crippen molar-refractivity contribution in [1.82, 2.24) is 19.9 Å². The molecule has 0 atom stereocenters. The Morgan fingerprint density at radius 2 is 1.95 bits per heavy atom. The van der Waals surface area contributed by atoms with Gasteiger partial charge in [0.05, 0.1) is 17.6 Å². The molecule has 0 bridgehead atoms. The van der Waals surface area contributed by atoms with Gasteiger partial charge < -0.3 is 9.72 Å². The second-order valence-electron chi connectivity index (χ2n) is 4.45. The zero-order valence-electron chi connectivity index (χ0n) is 11.4. The highest BCUT2D eigenvalue weighted by Crippen LogP contribution is 2.31. The van der Waals surface area contributed by atoms with E-state index in [2.05, 4.69) is 19.9 Å². The highest BCUT2D eigenvalue weighted by Gasteiger charge is 2.15. The minimum Gasteiger partial charge on any atom is -0.496 e. The van der Waals surface area contributed by atoms with Crippen molar-refractivity contribution in [2.24, 2.45) is 0 Å². The predicted molar refractivity (Wildman–Crippen MR) is 76.8 cm³/mol. The minimum absolute atomic E-state index is 0.190. The van der Waals surface area contributed by atoms with E-state index in [0.29, 0.717) is 28.4 Å². The average Bonchev–Trinajstić information content (AvgIpc) is 2.89. The van der Waals surface area contributed by atoms with Crippen LogP contribution in [-0.4, -0.2) is 41.7 Å². The Bertz CT molecular complexity index is 885. The summed E-state index contributed by atoms with van der Waals surface area (Å²) < 4.78 is 28.4. The molecule has 0 spiro atoms. The van der Waals surface area contributed by atoms with Crippen molar-refractivity contribution in [3.05, 3.63) is 30.6 Å². The molecule has 0 fully saturated rings. The molecule has 0 radical (unpaired) electrons. The summed E-state index contributed by atoms with van der Waals surface area (Å²) in [7, 11) is -1.82. The number of rotatable bonds is 3. The molecule has 3 aromatic rings. The van der Waals surface area contributed by atoms with Crippen LogP contribution in [0.5, 0.6) is 5.75 Å². The first-order chi connectivity index (χ1) is 9.99. The third-order valence-electron chi connectivity index (χ3n) is 2.99. The van der Waals surface area contributed by atoms with E-state index in [1.54, 1.807) is 18.5 Å². The second kappa shape index (κ2) is 4.81. The number of imidazole rings is 1. The molecule has 2 aromatic heterocycles. The largest absolute Gasteiger partial charge is 0.496 e. The van der Waals surface area contributed by atoms with Gasteiger partial charge in [-0.15, -0.1) is 0 Å². The van der Waals surface area contributed by atoms with Crippen LogP contribution in [0.25, 0.3) is 22.7 Å². The van der Waals surface area contributed by atoms with Gasteiger partial charge in [0.1, 0.15) is 11.6 Å². The van der Waals surface area contributed by atoms with Crippen molar-refractivity contribution in [3.63, 3.8) is 0 Å². The van der Waals surface area contributed by atoms with E-state index < -0.39 is 9.84 Å². The number of hydrogen-bond donors (Lipinski definition) is 1. The fourth-order valence-corrected chi connectivity index (χ4v) is 2.61. The summed E-state index contributed by atoms with van der Waals surface area (Å²) >= 11 is 0. The maximum absolute atomic E-state index is 11.6. The molecular weight excluding hydrogens is 292 g/mol. The first kappa shape index (κ1) is 13.5. The smallest absolute Gasteiger partial charge is 0.197 e. The summed E-state index contributed by atoms with van der Waals surface area (Å²) in [5, 5.41) is 0. The molecule has 0 saturated heterocycles. The number of nitrogens with zero attached hydrogens (tertiary/aromatic N) is 3. The number of H-pyrrole nitrogens is 1. The SMILES string of the molecule is COc1cc(S(C)(=O)=O)ccc1-c1nc2nccnc2[nH]1. The monoisotopic (exact) mass is 304 g/mol. The van der Waals surface area contributed by atoms with Crippen LogP contribution in [0.3, 0.4) is 0 Å². The van der Waals surface area contributed by atoms with Gasteiger partial charge in [-0.3, -0.25) is 0 Å². The van der Waals surface area contributed by atoms with Gasteiger partial charge in [0.15, 0.2) is 21.1 Å². The summed E-state index contributed by atoms with van der Waals surface area (Å²) in [6, 6.07) is 4.63. The minimum atomic E-state index is -3.29. The molecule has 0 amide bonds. The van der Waals surface area contributed by atoms with Crippen molar-refractivity contribution in [1.29, 1.82) is 0 Å². The van der Waals surface area contributed by atoms with E-state index in [0.717, 1.165) is 6.26 Å². The van der Waals surface area contributed by atoms with Gasteiger partial charge in [-0.05, 0) is 18.2 Å². The summed E-state index contributed by atoms with van der Waals surface area (Å²) in [5.74, 6) is 0.935. The third kappa shape index (κ3) is 2.45. The molecule has 8 heteroatoms. The molecule has 0 unspecified atom stereocenters. The number of sulfone groups is 1. The van der Waals surface area contributed by atoms with Crippen molar-refractivity contribution in [2.75, 3.05) is 13.4 Å². The van der Waals surface area contributed by atoms with E-state index in [-0.39, 0.29) is 4.90 Å². The van der Waals surface area contributed by atoms with Gasteiger partial charge in [0.2, 0.25) is 0 Å². The Morgan fingerprint density at radius 1 is 1.19 bits per heavy atom. The van der Waals surface area contributed by atoms with Crippen molar-refractivity contribution in [2.45, 2.75) is 4.90 Å². The molecule has 3 rings (SSSR count). The Hall–Kier alpha value is -2.48. The lowest BCUT2D eigenvalue weighted by atomic mass is 10.2. The summed E-state index contributed by atoms with van der Waals surface area (Å²) in [6.45, 7) is 0. The van der Waals surface area contributed by atoms with Crippen LogP contribution in [0.1, 0.15) is 0 Å². The maximum atomic E-state index is 11.6. The Kier molecular flexibility index (Phi) is 3.09. The highest BCUT2D eigenvalue weighted by atomic mass is 32.2. The van der Waals surface area contributed by atoms with E-state index in [1.807, 2.05) is 0 Å². The van der Waals surface area contributed by atoms with Crippen molar-refractivity contribution < 1.29 is 13.2 Å². The topological polar surface area (TPSA) is 97.8 Å². The number of aromatic nitrogens is 4. The fraction of sp³-hybridized carbons (Fsp3) is 0.154. The number of nitrogens with one attached hydrogen (secondary N) is 1. The zero-order chi connectivity index (χ0) is 15.0. The number of ether oxygens (including phenoxy) is 1. The van der Waals surface area contributed by atoms with E-state index in [9.17, 15) is 8.42 Å². The molecule has 108 valence electrons. The fourth-order valence-electron chi connectivity index (χ4n) is 1.97. The van der Waals surface area contributed by atoms with Gasteiger partial charge in [-0.2, -0.15) is 0 Å². The third-order valence-corrected chi connectivity index (χ3v) is 4.10. The average molecular weight is 304 g/mol. The molecule has 0 aliphatic rings. The molecule has 7 nitrogen and oxygen atoms in total. The van der Waals surface area contributed by atoms with Gasteiger partial charge in [-0.1, -0.05) is 0 Å². The van der Waals surface area contributed by atoms with Crippen LogP contribution in [0, 0.1) is 0 Å². The lowest BCUT2D eigenvalue weighted by Gasteiger charge is -2.08. The van der Waals surface area contributed by atoms with Crippen LogP contribution < -0.4 is 4.74 Å². The first-order valence-electron chi connectivity index (χ1n) is 6.04. The van der Waals surface area contributed by atoms with Crippen LogP contribution in [0.2, 0.25) is 0 Å². The number of benzene rings is 1. The molecule has 0 aliphatic carbocycles. The van der Waals surface area contributed by atoms with E-state index in [1.165, 1.54) is 19.2 Å². The number of fused-ring (bicyclic) bond motifs is 1. The van der Waals surface area contributed by atoms with Gasteiger partial charge in [0, 0.05) is 18.6 Å². The lowest BCUT2D eigenvalue weighted by Crippen LogP contribution is -1.99. The number of hydrogen-bond acceptors (Lipinski definition) is 6. The zero-order valence-corrected chi connectivity index (χ0v) is 12.2. The highest BCUT2D eigenvalue weighted by molar-refractivity contribution is 7.90. The summed E-state index contributed by atoms with van der Waals surface area (Å²) in [4.78, 5) is 15.8. The molecular formula is C13H12N4O3S. The Labute approximate surface area is 121 Å². The molecule has 21 heavy (non-hydrogen) atoms. The normalized spacial score (nSPS) is 11.7. The van der Waals surface area contributed by atoms with Gasteiger partial charge >= 0.3 is 0 Å². The van der Waals surface area contributed by atoms with Crippen LogP contribution in [0.15, 0.2) is 35.5 Å². The first-order valence-corrected chi connectivity index (χ1v) is 7.93. The lowest BCUT2D eigenvalue weighted by molar-refractivity contribution is 0.415. The quantitative estimate of drug-likeness (QED) is 0.786. The molecule has 2 heterocycles. The van der Waals surface area contributed by atoms with Gasteiger partial charge in [0.25, 0.3) is 0 Å². The van der Waals surface area contributed by atoms with Gasteiger partial charge in [-0.25, -0.2) is 23.4 Å². The van der Waals surface area contributed by atoms with Crippen molar-refractivity contribution in [3.8, 4) is 17.1 Å². The second-order valence-corrected chi connectivity index (χ2v) is 6.46. The molecule has 0 aliphatic heterocycles. The molecule has 0 saturated carbocycles. The standard InChI is InChI=1S/C13H12N4O3S/c1-20-10-7-8(21(2,18)19)3-4-9(10)11-16-12-13(17-11)15-6-5-14-12/h3-7H,1-2H3,(H,14,15,16,17). The van der Waals surface area contributed by atoms with E-state index >= 15 is 0 Å². The number of aromatic amines is 1. The Balaban J connectivity index is 2.17. The van der Waals surface area contributed by atoms with Crippen LogP contribution in [0.4, 0.5) is 0 Å².